The summed E-state index contributed by atoms with van der Waals surface area (Å²) in [4.78, 5) is 1.44. The lowest BCUT2D eigenvalue weighted by Crippen LogP contribution is -1.93. The van der Waals surface area contributed by atoms with Crippen LogP contribution < -0.4 is 0 Å². The van der Waals surface area contributed by atoms with Gasteiger partial charge in [-0.25, -0.2) is 0 Å². The van der Waals surface area contributed by atoms with Crippen molar-refractivity contribution in [3.05, 3.63) is 63.1 Å². The molecule has 2 aromatic rings. The zero-order valence-electron chi connectivity index (χ0n) is 10.3. The molecule has 0 spiro atoms. The van der Waals surface area contributed by atoms with Crippen molar-refractivity contribution in [1.29, 1.82) is 0 Å². The molecule has 1 aliphatic heterocycles. The molecule has 0 bridgehead atoms. The minimum absolute atomic E-state index is 1.22. The summed E-state index contributed by atoms with van der Waals surface area (Å²) in [6.07, 6.45) is 0. The van der Waals surface area contributed by atoms with Crippen LogP contribution in [0, 0.1) is 0 Å². The largest absolute Gasteiger partial charge is 0.123 e. The monoisotopic (exact) mass is 396 g/mol. The van der Waals surface area contributed by atoms with Gasteiger partial charge in [-0.3, -0.25) is 0 Å². The van der Waals surface area contributed by atoms with Crippen molar-refractivity contribution >= 4 is 51.0 Å². The molecule has 0 saturated heterocycles. The van der Waals surface area contributed by atoms with Crippen LogP contribution in [0.3, 0.4) is 0 Å². The summed E-state index contributed by atoms with van der Waals surface area (Å²) in [6, 6.07) is 19.5. The summed E-state index contributed by atoms with van der Waals surface area (Å²) in [5.74, 6) is 2.45. The van der Waals surface area contributed by atoms with Crippen LogP contribution in [0.1, 0.15) is 5.56 Å². The number of hydrogen-bond donors (Lipinski definition) is 0. The van der Waals surface area contributed by atoms with Gasteiger partial charge in [0.2, 0.25) is 0 Å². The summed E-state index contributed by atoms with van der Waals surface area (Å²) in [6.45, 7) is 0. The molecule has 96 valence electrons. The van der Waals surface area contributed by atoms with Gasteiger partial charge in [-0.2, -0.15) is 0 Å². The van der Waals surface area contributed by atoms with Gasteiger partial charge >= 0.3 is 0 Å². The van der Waals surface area contributed by atoms with Gasteiger partial charge in [0.15, 0.2) is 0 Å². The highest BCUT2D eigenvalue weighted by Gasteiger charge is 2.13. The van der Waals surface area contributed by atoms with Gasteiger partial charge in [0, 0.05) is 16.4 Å². The summed E-state index contributed by atoms with van der Waals surface area (Å²) < 4.78 is 1.43. The van der Waals surface area contributed by atoms with E-state index >= 15 is 0 Å². The Morgan fingerprint density at radius 3 is 1.95 bits per heavy atom. The molecular formula is C16H13IS2. The molecule has 1 aliphatic rings. The van der Waals surface area contributed by atoms with Gasteiger partial charge in [-0.15, -0.1) is 23.5 Å². The van der Waals surface area contributed by atoms with Crippen LogP contribution >= 0.6 is 46.1 Å². The second-order valence-electron chi connectivity index (χ2n) is 4.24. The molecule has 0 radical (unpaired) electrons. The average Bonchev–Trinajstić information content (AvgIpc) is 2.49. The highest BCUT2D eigenvalue weighted by Crippen LogP contribution is 2.43. The molecule has 0 fully saturated rings. The number of thioether (sulfide) groups is 2. The quantitative estimate of drug-likeness (QED) is 0.580. The van der Waals surface area contributed by atoms with E-state index in [0.29, 0.717) is 0 Å². The fourth-order valence-electron chi connectivity index (χ4n) is 2.04. The maximum Gasteiger partial charge on any atom is 0.0600 e. The van der Waals surface area contributed by atoms with Crippen LogP contribution in [0.4, 0.5) is 0 Å². The molecule has 0 unspecified atom stereocenters. The van der Waals surface area contributed by atoms with Gasteiger partial charge < -0.3 is 0 Å². The highest BCUT2D eigenvalue weighted by molar-refractivity contribution is 14.1. The summed E-state index contributed by atoms with van der Waals surface area (Å²) >= 11 is 6.41. The predicted octanol–water partition coefficient (Wildman–Crippen LogP) is 5.89. The molecule has 3 rings (SSSR count). The highest BCUT2D eigenvalue weighted by atomic mass is 127. The molecule has 19 heavy (non-hydrogen) atoms. The normalized spacial score (nSPS) is 15.6. The predicted molar refractivity (Wildman–Crippen MR) is 97.7 cm³/mol. The Morgan fingerprint density at radius 1 is 0.684 bits per heavy atom. The molecule has 0 atom stereocenters. The lowest BCUT2D eigenvalue weighted by atomic mass is 10.0. The number of benzene rings is 2. The molecule has 0 aliphatic carbocycles. The first kappa shape index (κ1) is 13.6. The SMILES string of the molecule is IC1=C(c2ccc(-c3ccccc3)cc2)SCCS1. The summed E-state index contributed by atoms with van der Waals surface area (Å²) in [5.41, 5.74) is 3.91. The van der Waals surface area contributed by atoms with E-state index in [1.165, 1.54) is 36.0 Å². The van der Waals surface area contributed by atoms with Crippen molar-refractivity contribution in [2.24, 2.45) is 0 Å². The van der Waals surface area contributed by atoms with Gasteiger partial charge in [0.25, 0.3) is 0 Å². The van der Waals surface area contributed by atoms with Crippen LogP contribution in [-0.4, -0.2) is 11.5 Å². The first-order valence-corrected chi connectivity index (χ1v) is 9.21. The molecule has 0 N–H and O–H groups in total. The lowest BCUT2D eigenvalue weighted by molar-refractivity contribution is 1.55. The second kappa shape index (κ2) is 6.37. The van der Waals surface area contributed by atoms with Crippen LogP contribution in [0.15, 0.2) is 57.5 Å². The first-order chi connectivity index (χ1) is 9.34. The summed E-state index contributed by atoms with van der Waals surface area (Å²) in [5, 5.41) is 0. The van der Waals surface area contributed by atoms with Crippen molar-refractivity contribution < 1.29 is 0 Å². The zero-order valence-corrected chi connectivity index (χ0v) is 14.1. The standard InChI is InChI=1S/C16H13IS2/c17-16-15(18-10-11-19-16)14-8-6-13(7-9-14)12-4-2-1-3-5-12/h1-9H,10-11H2. The Bertz CT molecular complexity index is 588. The fraction of sp³-hybridized carbons (Fsp3) is 0.125. The van der Waals surface area contributed by atoms with Crippen molar-refractivity contribution in [3.8, 4) is 11.1 Å². The van der Waals surface area contributed by atoms with Crippen LogP contribution in [-0.2, 0) is 0 Å². The van der Waals surface area contributed by atoms with E-state index in [9.17, 15) is 0 Å². The van der Waals surface area contributed by atoms with Crippen LogP contribution in [0.5, 0.6) is 0 Å². The van der Waals surface area contributed by atoms with E-state index < -0.39 is 0 Å². The zero-order chi connectivity index (χ0) is 13.1. The molecule has 2 aromatic carbocycles. The topological polar surface area (TPSA) is 0 Å². The fourth-order valence-corrected chi connectivity index (χ4v) is 5.55. The van der Waals surface area contributed by atoms with Crippen LogP contribution in [0.2, 0.25) is 0 Å². The van der Waals surface area contributed by atoms with Gasteiger partial charge in [0.1, 0.15) is 0 Å². The minimum atomic E-state index is 1.22. The van der Waals surface area contributed by atoms with Gasteiger partial charge in [-0.05, 0) is 39.3 Å². The maximum atomic E-state index is 2.46. The van der Waals surface area contributed by atoms with E-state index in [1.54, 1.807) is 0 Å². The third-order valence-corrected chi connectivity index (χ3v) is 7.22. The average molecular weight is 396 g/mol. The number of rotatable bonds is 2. The van der Waals surface area contributed by atoms with Crippen LogP contribution in [0.25, 0.3) is 16.0 Å². The van der Waals surface area contributed by atoms with E-state index in [1.807, 2.05) is 23.5 Å². The number of halogens is 1. The molecular weight excluding hydrogens is 383 g/mol. The Kier molecular flexibility index (Phi) is 4.56. The summed E-state index contributed by atoms with van der Waals surface area (Å²) in [7, 11) is 0. The van der Waals surface area contributed by atoms with Crippen molar-refractivity contribution in [3.63, 3.8) is 0 Å². The first-order valence-electron chi connectivity index (χ1n) is 6.16. The van der Waals surface area contributed by atoms with Gasteiger partial charge in [-0.1, -0.05) is 54.6 Å². The molecule has 0 amide bonds. The van der Waals surface area contributed by atoms with E-state index in [-0.39, 0.29) is 0 Å². The Labute approximate surface area is 136 Å². The second-order valence-corrected chi connectivity index (χ2v) is 8.26. The lowest BCUT2D eigenvalue weighted by Gasteiger charge is -2.16. The Balaban J connectivity index is 1.91. The third-order valence-electron chi connectivity index (χ3n) is 2.99. The van der Waals surface area contributed by atoms with E-state index in [2.05, 4.69) is 77.2 Å². The van der Waals surface area contributed by atoms with Crippen molar-refractivity contribution in [1.82, 2.24) is 0 Å². The van der Waals surface area contributed by atoms with Crippen molar-refractivity contribution in [2.75, 3.05) is 11.5 Å². The number of hydrogen-bond acceptors (Lipinski definition) is 2. The molecule has 3 heteroatoms. The molecule has 0 aromatic heterocycles. The maximum absolute atomic E-state index is 2.46. The minimum Gasteiger partial charge on any atom is -0.123 e. The van der Waals surface area contributed by atoms with Gasteiger partial charge in [0.05, 0.1) is 2.91 Å². The third kappa shape index (κ3) is 3.20. The molecule has 0 saturated carbocycles. The molecule has 0 nitrogen and oxygen atoms in total. The Hall–Kier alpha value is -0.390. The van der Waals surface area contributed by atoms with E-state index in [0.717, 1.165) is 0 Å². The van der Waals surface area contributed by atoms with Crippen molar-refractivity contribution in [2.45, 2.75) is 0 Å². The van der Waals surface area contributed by atoms with E-state index in [4.69, 9.17) is 0 Å². The Morgan fingerprint density at radius 2 is 1.26 bits per heavy atom. The smallest absolute Gasteiger partial charge is 0.0600 e. The molecule has 1 heterocycles.